The van der Waals surface area contributed by atoms with E-state index in [1.807, 2.05) is 6.08 Å². The summed E-state index contributed by atoms with van der Waals surface area (Å²) in [5, 5.41) is 23.3. The van der Waals surface area contributed by atoms with Gasteiger partial charge in [-0.2, -0.15) is 0 Å². The molecule has 0 fully saturated rings. The number of amides is 1. The number of allylic oxidation sites excluding steroid dienone is 7. The molecular weight excluding hydrogens is 1050 g/mol. The number of carbonyl (C=O) groups is 2. The van der Waals surface area contributed by atoms with Crippen molar-refractivity contribution in [2.24, 2.45) is 0 Å². The monoisotopic (exact) mass is 1210 g/mol. The van der Waals surface area contributed by atoms with Gasteiger partial charge in [-0.1, -0.05) is 371 Å². The number of aliphatic hydroxyl groups excluding tert-OH is 2. The third kappa shape index (κ3) is 70.9. The summed E-state index contributed by atoms with van der Waals surface area (Å²) in [6.45, 7) is 4.91. The summed E-state index contributed by atoms with van der Waals surface area (Å²) < 4.78 is 5.49. The van der Waals surface area contributed by atoms with E-state index in [9.17, 15) is 19.8 Å². The first-order chi connectivity index (χ1) is 42.5. The van der Waals surface area contributed by atoms with Crippen molar-refractivity contribution in [1.82, 2.24) is 5.32 Å². The van der Waals surface area contributed by atoms with Crippen molar-refractivity contribution in [2.75, 3.05) is 13.2 Å². The van der Waals surface area contributed by atoms with Crippen molar-refractivity contribution < 1.29 is 24.5 Å². The van der Waals surface area contributed by atoms with Gasteiger partial charge in [-0.3, -0.25) is 9.59 Å². The van der Waals surface area contributed by atoms with E-state index in [-0.39, 0.29) is 18.5 Å². The van der Waals surface area contributed by atoms with Crippen LogP contribution in [0.3, 0.4) is 0 Å². The Balaban J connectivity index is 3.40. The fourth-order valence-electron chi connectivity index (χ4n) is 12.1. The van der Waals surface area contributed by atoms with Gasteiger partial charge in [0, 0.05) is 12.8 Å². The van der Waals surface area contributed by atoms with Crippen molar-refractivity contribution in [2.45, 2.75) is 437 Å². The van der Waals surface area contributed by atoms with Crippen LogP contribution in [0.4, 0.5) is 0 Å². The van der Waals surface area contributed by atoms with Crippen molar-refractivity contribution in [3.63, 3.8) is 0 Å². The second-order valence-electron chi connectivity index (χ2n) is 26.7. The summed E-state index contributed by atoms with van der Waals surface area (Å²) in [6, 6.07) is -0.629. The van der Waals surface area contributed by atoms with Crippen LogP contribution < -0.4 is 5.32 Å². The van der Waals surface area contributed by atoms with Crippen LogP contribution in [0.15, 0.2) is 48.6 Å². The van der Waals surface area contributed by atoms with E-state index in [4.69, 9.17) is 4.74 Å². The van der Waals surface area contributed by atoms with E-state index in [1.165, 1.54) is 347 Å². The smallest absolute Gasteiger partial charge is 0.305 e. The number of hydrogen-bond acceptors (Lipinski definition) is 5. The minimum atomic E-state index is -0.846. The fraction of sp³-hybridized carbons (Fsp3) is 0.875. The molecule has 0 spiro atoms. The third-order valence-corrected chi connectivity index (χ3v) is 18.1. The fourth-order valence-corrected chi connectivity index (χ4v) is 12.1. The maximum absolute atomic E-state index is 12.6. The molecule has 6 nitrogen and oxygen atoms in total. The molecule has 0 aliphatic carbocycles. The molecule has 0 aromatic carbocycles. The predicted molar refractivity (Wildman–Crippen MR) is 379 cm³/mol. The van der Waals surface area contributed by atoms with Crippen molar-refractivity contribution in [3.05, 3.63) is 48.6 Å². The molecule has 3 N–H and O–H groups in total. The molecule has 0 radical (unpaired) electrons. The molecule has 2 atom stereocenters. The van der Waals surface area contributed by atoms with E-state index in [0.717, 1.165) is 51.4 Å². The zero-order valence-corrected chi connectivity index (χ0v) is 58.1. The minimum absolute atomic E-state index is 0.00317. The summed E-state index contributed by atoms with van der Waals surface area (Å²) in [7, 11) is 0. The van der Waals surface area contributed by atoms with Gasteiger partial charge in [0.25, 0.3) is 0 Å². The lowest BCUT2D eigenvalue weighted by Crippen LogP contribution is -2.45. The first-order valence-corrected chi connectivity index (χ1v) is 38.9. The normalized spacial score (nSPS) is 12.7. The van der Waals surface area contributed by atoms with Crippen molar-refractivity contribution in [3.8, 4) is 0 Å². The Morgan fingerprint density at radius 3 is 0.919 bits per heavy atom. The molecule has 6 heteroatoms. The Morgan fingerprint density at radius 2 is 0.581 bits per heavy atom. The van der Waals surface area contributed by atoms with Gasteiger partial charge in [-0.15, -0.1) is 0 Å². The van der Waals surface area contributed by atoms with Crippen LogP contribution in [0.1, 0.15) is 425 Å². The van der Waals surface area contributed by atoms with Gasteiger partial charge in [0.1, 0.15) is 0 Å². The van der Waals surface area contributed by atoms with Gasteiger partial charge >= 0.3 is 5.97 Å². The molecule has 0 aromatic rings. The molecule has 0 aromatic heterocycles. The van der Waals surface area contributed by atoms with E-state index in [0.29, 0.717) is 19.4 Å². The molecule has 1 amide bonds. The average molecular weight is 1210 g/mol. The quantitative estimate of drug-likeness (QED) is 0.0320. The van der Waals surface area contributed by atoms with Gasteiger partial charge in [-0.05, 0) is 89.9 Å². The molecule has 506 valence electrons. The second-order valence-corrected chi connectivity index (χ2v) is 26.7. The molecule has 0 saturated carbocycles. The average Bonchev–Trinajstić information content (AvgIpc) is 3.54. The summed E-state index contributed by atoms with van der Waals surface area (Å²) >= 11 is 0. The van der Waals surface area contributed by atoms with Gasteiger partial charge in [-0.25, -0.2) is 0 Å². The Hall–Kier alpha value is -2.18. The van der Waals surface area contributed by atoms with E-state index >= 15 is 0 Å². The topological polar surface area (TPSA) is 95.9 Å². The first-order valence-electron chi connectivity index (χ1n) is 38.9. The maximum atomic E-state index is 12.6. The molecular formula is C80H151NO5. The second kappa shape index (κ2) is 75.3. The van der Waals surface area contributed by atoms with Crippen LogP contribution in [-0.2, 0) is 14.3 Å². The highest BCUT2D eigenvalue weighted by Gasteiger charge is 2.18. The lowest BCUT2D eigenvalue weighted by Gasteiger charge is -2.20. The predicted octanol–water partition coefficient (Wildman–Crippen LogP) is 25.6. The van der Waals surface area contributed by atoms with Crippen LogP contribution in [-0.4, -0.2) is 47.4 Å². The number of aliphatic hydroxyl groups is 2. The third-order valence-electron chi connectivity index (χ3n) is 18.1. The number of nitrogens with one attached hydrogen (secondary N) is 1. The molecule has 0 rings (SSSR count). The first kappa shape index (κ1) is 83.8. The van der Waals surface area contributed by atoms with Crippen LogP contribution in [0, 0.1) is 0 Å². The molecule has 86 heavy (non-hydrogen) atoms. The highest BCUT2D eigenvalue weighted by Crippen LogP contribution is 2.19. The maximum Gasteiger partial charge on any atom is 0.305 e. The Kier molecular flexibility index (Phi) is 73.4. The number of hydrogen-bond donors (Lipinski definition) is 3. The van der Waals surface area contributed by atoms with E-state index < -0.39 is 12.1 Å². The van der Waals surface area contributed by atoms with Gasteiger partial charge in [0.05, 0.1) is 25.4 Å². The zero-order chi connectivity index (χ0) is 62.0. The van der Waals surface area contributed by atoms with Crippen LogP contribution in [0.2, 0.25) is 0 Å². The molecule has 0 bridgehead atoms. The standard InChI is InChI=1S/C80H151NO5/c1-3-5-7-9-11-13-15-17-19-20-21-22-23-32-35-38-41-45-48-52-56-60-64-68-72-78(83)77(76-82)81-79(84)73-69-65-61-57-53-49-46-42-39-36-33-30-28-26-24-25-27-29-31-34-37-40-43-47-51-55-59-63-67-71-75-86-80(85)74-70-66-62-58-54-50-44-18-16-14-12-10-8-6-4-2/h12,14,18,25,27,44,68,72,77-78,82-83H,3-11,13,15-17,19-24,26,28-43,45-67,69-71,73-76H2,1-2H3,(H,81,84)/b14-12-,27-25-,44-18-,72-68+. The van der Waals surface area contributed by atoms with Gasteiger partial charge in [0.15, 0.2) is 0 Å². The highest BCUT2D eigenvalue weighted by atomic mass is 16.5. The Bertz CT molecular complexity index is 1440. The highest BCUT2D eigenvalue weighted by molar-refractivity contribution is 5.76. The van der Waals surface area contributed by atoms with Crippen LogP contribution >= 0.6 is 0 Å². The van der Waals surface area contributed by atoms with Crippen molar-refractivity contribution in [1.29, 1.82) is 0 Å². The molecule has 0 aliphatic rings. The summed E-state index contributed by atoms with van der Waals surface area (Å²) in [5.41, 5.74) is 0. The summed E-state index contributed by atoms with van der Waals surface area (Å²) in [5.74, 6) is -0.0590. The number of rotatable bonds is 73. The SMILES string of the molecule is CCCCC/C=C\C/C=C\CCCCCCCC(=O)OCCCCCCCCCCCCCC/C=C\CCCCCCCCCCCCCCCCC(=O)NC(CO)C(O)/C=C/CCCCCCCCCCCCCCCCCCCCCCCC. The zero-order valence-electron chi connectivity index (χ0n) is 58.1. The summed E-state index contributed by atoms with van der Waals surface area (Å²) in [6.07, 6.45) is 99.4. The van der Waals surface area contributed by atoms with Gasteiger partial charge in [0.2, 0.25) is 5.91 Å². The molecule has 0 saturated heterocycles. The Labute approximate surface area is 537 Å². The number of carbonyl (C=O) groups excluding carboxylic acids is 2. The Morgan fingerprint density at radius 1 is 0.326 bits per heavy atom. The number of unbranched alkanes of at least 4 members (excludes halogenated alkanes) is 56. The van der Waals surface area contributed by atoms with Gasteiger partial charge < -0.3 is 20.3 Å². The van der Waals surface area contributed by atoms with E-state index in [1.54, 1.807) is 6.08 Å². The van der Waals surface area contributed by atoms with Crippen LogP contribution in [0.25, 0.3) is 0 Å². The molecule has 0 aliphatic heterocycles. The number of esters is 1. The molecule has 0 heterocycles. The minimum Gasteiger partial charge on any atom is -0.466 e. The lowest BCUT2D eigenvalue weighted by molar-refractivity contribution is -0.143. The van der Waals surface area contributed by atoms with Crippen LogP contribution in [0.5, 0.6) is 0 Å². The summed E-state index contributed by atoms with van der Waals surface area (Å²) in [4.78, 5) is 24.6. The largest absolute Gasteiger partial charge is 0.466 e. The van der Waals surface area contributed by atoms with E-state index in [2.05, 4.69) is 55.6 Å². The molecule has 2 unspecified atom stereocenters. The number of ether oxygens (including phenoxy) is 1. The lowest BCUT2D eigenvalue weighted by atomic mass is 10.0. The van der Waals surface area contributed by atoms with Crippen molar-refractivity contribution >= 4 is 11.9 Å².